The molecule has 0 aromatic heterocycles. The molecule has 0 saturated carbocycles. The number of benzene rings is 2. The third-order valence-corrected chi connectivity index (χ3v) is 3.92. The molecule has 16 heavy (non-hydrogen) atoms. The van der Waals surface area contributed by atoms with Crippen molar-refractivity contribution >= 4 is 20.9 Å². The minimum atomic E-state index is -3.39. The summed E-state index contributed by atoms with van der Waals surface area (Å²) >= 11 is 0. The van der Waals surface area contributed by atoms with Crippen molar-refractivity contribution in [1.82, 2.24) is 0 Å². The molecule has 0 saturated heterocycles. The summed E-state index contributed by atoms with van der Waals surface area (Å²) in [7, 11) is -3.39. The molecule has 0 radical (unpaired) electrons. The fraction of sp³-hybridized carbons (Fsp3) is 0.167. The van der Waals surface area contributed by atoms with Gasteiger partial charge >= 0.3 is 10.1 Å². The van der Waals surface area contributed by atoms with Crippen molar-refractivity contribution in [1.29, 1.82) is 0 Å². The van der Waals surface area contributed by atoms with Gasteiger partial charge in [0, 0.05) is 5.39 Å². The van der Waals surface area contributed by atoms with E-state index >= 15 is 0 Å². The summed E-state index contributed by atoms with van der Waals surface area (Å²) in [6, 6.07) is 11.6. The van der Waals surface area contributed by atoms with Gasteiger partial charge in [0.15, 0.2) is 5.75 Å². The molecule has 0 spiro atoms. The summed E-state index contributed by atoms with van der Waals surface area (Å²) in [6.45, 7) is 0. The van der Waals surface area contributed by atoms with Gasteiger partial charge in [-0.1, -0.05) is 36.4 Å². The van der Waals surface area contributed by atoms with Gasteiger partial charge in [0.25, 0.3) is 0 Å². The molecule has 0 fully saturated rings. The van der Waals surface area contributed by atoms with Crippen LogP contribution in [-0.2, 0) is 16.5 Å². The van der Waals surface area contributed by atoms with Crippen molar-refractivity contribution in [3.8, 4) is 5.75 Å². The maximum absolute atomic E-state index is 11.4. The van der Waals surface area contributed by atoms with E-state index in [1.165, 1.54) is 0 Å². The van der Waals surface area contributed by atoms with Gasteiger partial charge in [-0.05, 0) is 17.4 Å². The van der Waals surface area contributed by atoms with Crippen LogP contribution in [-0.4, -0.2) is 14.2 Å². The highest BCUT2D eigenvalue weighted by atomic mass is 32.2. The zero-order valence-corrected chi connectivity index (χ0v) is 9.33. The number of hydrogen-bond acceptors (Lipinski definition) is 3. The molecule has 0 unspecified atom stereocenters. The fourth-order valence-electron chi connectivity index (χ4n) is 1.99. The molecule has 4 heteroatoms. The molecule has 0 N–H and O–H groups in total. The molecule has 1 heterocycles. The molecule has 0 aliphatic carbocycles. The van der Waals surface area contributed by atoms with E-state index in [1.54, 1.807) is 0 Å². The average molecular weight is 234 g/mol. The Labute approximate surface area is 93.8 Å². The van der Waals surface area contributed by atoms with Crippen molar-refractivity contribution in [2.24, 2.45) is 0 Å². The number of aryl methyl sites for hydroxylation is 1. The molecule has 2 aromatic rings. The first-order chi connectivity index (χ1) is 7.66. The largest absolute Gasteiger partial charge is 0.381 e. The highest BCUT2D eigenvalue weighted by Crippen LogP contribution is 2.34. The molecule has 1 aliphatic heterocycles. The Balaban J connectivity index is 2.33. The van der Waals surface area contributed by atoms with E-state index in [9.17, 15) is 8.42 Å². The van der Waals surface area contributed by atoms with E-state index in [0.29, 0.717) is 12.2 Å². The minimum absolute atomic E-state index is 0.0678. The zero-order chi connectivity index (χ0) is 11.2. The molecule has 1 aliphatic rings. The Hall–Kier alpha value is -1.55. The lowest BCUT2D eigenvalue weighted by molar-refractivity contribution is 0.476. The van der Waals surface area contributed by atoms with Crippen LogP contribution < -0.4 is 4.18 Å². The molecule has 0 amide bonds. The zero-order valence-electron chi connectivity index (χ0n) is 8.51. The van der Waals surface area contributed by atoms with E-state index in [-0.39, 0.29) is 5.75 Å². The Kier molecular flexibility index (Phi) is 1.94. The normalized spacial score (nSPS) is 17.8. The smallest absolute Gasteiger partial charge is 0.309 e. The van der Waals surface area contributed by atoms with Gasteiger partial charge in [-0.25, -0.2) is 0 Å². The molecule has 3 nitrogen and oxygen atoms in total. The maximum Gasteiger partial charge on any atom is 0.309 e. The average Bonchev–Trinajstić information content (AvgIpc) is 2.28. The van der Waals surface area contributed by atoms with Crippen LogP contribution >= 0.6 is 0 Å². The van der Waals surface area contributed by atoms with Crippen LogP contribution in [0.1, 0.15) is 5.56 Å². The van der Waals surface area contributed by atoms with Gasteiger partial charge in [-0.3, -0.25) is 0 Å². The SMILES string of the molecule is O=S1(=O)CCc2ccc3ccccc3c2O1. The van der Waals surface area contributed by atoms with E-state index < -0.39 is 10.1 Å². The standard InChI is InChI=1S/C12H10O3S/c13-16(14)8-7-10-6-5-9-3-1-2-4-11(9)12(10)15-16/h1-6H,7-8H2. The third-order valence-electron chi connectivity index (χ3n) is 2.79. The summed E-state index contributed by atoms with van der Waals surface area (Å²) in [5.74, 6) is 0.572. The fourth-order valence-corrected chi connectivity index (χ4v) is 2.99. The van der Waals surface area contributed by atoms with Gasteiger partial charge in [0.05, 0.1) is 5.75 Å². The highest BCUT2D eigenvalue weighted by molar-refractivity contribution is 7.87. The predicted molar refractivity (Wildman–Crippen MR) is 62.1 cm³/mol. The summed E-state index contributed by atoms with van der Waals surface area (Å²) in [6.07, 6.45) is 0.530. The quantitative estimate of drug-likeness (QED) is 0.656. The van der Waals surface area contributed by atoms with Gasteiger partial charge in [0.1, 0.15) is 0 Å². The molecule has 0 atom stereocenters. The monoisotopic (exact) mass is 234 g/mol. The Morgan fingerprint density at radius 1 is 1.06 bits per heavy atom. The Morgan fingerprint density at radius 3 is 2.75 bits per heavy atom. The second-order valence-corrected chi connectivity index (χ2v) is 5.56. The number of fused-ring (bicyclic) bond motifs is 3. The highest BCUT2D eigenvalue weighted by Gasteiger charge is 2.23. The summed E-state index contributed by atoms with van der Waals surface area (Å²) < 4.78 is 28.0. The topological polar surface area (TPSA) is 43.4 Å². The van der Waals surface area contributed by atoms with E-state index in [0.717, 1.165) is 16.3 Å². The van der Waals surface area contributed by atoms with Crippen LogP contribution in [0, 0.1) is 0 Å². The van der Waals surface area contributed by atoms with Gasteiger partial charge in [0.2, 0.25) is 0 Å². The lowest BCUT2D eigenvalue weighted by Crippen LogP contribution is -2.21. The first-order valence-corrected chi connectivity index (χ1v) is 6.66. The van der Waals surface area contributed by atoms with Gasteiger partial charge < -0.3 is 4.18 Å². The number of rotatable bonds is 0. The van der Waals surface area contributed by atoms with Crippen molar-refractivity contribution in [2.45, 2.75) is 6.42 Å². The van der Waals surface area contributed by atoms with Gasteiger partial charge in [-0.2, -0.15) is 8.42 Å². The van der Waals surface area contributed by atoms with Crippen molar-refractivity contribution in [3.63, 3.8) is 0 Å². The van der Waals surface area contributed by atoms with Crippen LogP contribution in [0.15, 0.2) is 36.4 Å². The first-order valence-electron chi connectivity index (χ1n) is 5.08. The molecule has 3 rings (SSSR count). The van der Waals surface area contributed by atoms with Crippen LogP contribution in [0.5, 0.6) is 5.75 Å². The third kappa shape index (κ3) is 1.46. The van der Waals surface area contributed by atoms with Gasteiger partial charge in [-0.15, -0.1) is 0 Å². The lowest BCUT2D eigenvalue weighted by atomic mass is 10.0. The van der Waals surface area contributed by atoms with E-state index in [4.69, 9.17) is 4.18 Å². The second-order valence-electron chi connectivity index (χ2n) is 3.87. The minimum Gasteiger partial charge on any atom is -0.381 e. The first kappa shape index (κ1) is 9.66. The number of hydrogen-bond donors (Lipinski definition) is 0. The molecule has 82 valence electrons. The summed E-state index contributed by atoms with van der Waals surface area (Å²) in [5, 5.41) is 1.86. The van der Waals surface area contributed by atoms with Crippen molar-refractivity contribution in [2.75, 3.05) is 5.75 Å². The van der Waals surface area contributed by atoms with Crippen LogP contribution in [0.25, 0.3) is 10.8 Å². The van der Waals surface area contributed by atoms with E-state index in [1.807, 2.05) is 36.4 Å². The summed E-state index contributed by atoms with van der Waals surface area (Å²) in [4.78, 5) is 0. The second kappa shape index (κ2) is 3.22. The lowest BCUT2D eigenvalue weighted by Gasteiger charge is -2.18. The summed E-state index contributed by atoms with van der Waals surface area (Å²) in [5.41, 5.74) is 0.966. The molecular weight excluding hydrogens is 224 g/mol. The van der Waals surface area contributed by atoms with Crippen LogP contribution in [0.2, 0.25) is 0 Å². The Bertz CT molecular complexity index is 659. The predicted octanol–water partition coefficient (Wildman–Crippen LogP) is 2.10. The maximum atomic E-state index is 11.4. The van der Waals surface area contributed by atoms with E-state index in [2.05, 4.69) is 0 Å². The van der Waals surface area contributed by atoms with Crippen molar-refractivity contribution < 1.29 is 12.6 Å². The van der Waals surface area contributed by atoms with Crippen molar-refractivity contribution in [3.05, 3.63) is 42.0 Å². The molecule has 0 bridgehead atoms. The Morgan fingerprint density at radius 2 is 1.88 bits per heavy atom. The molecule has 2 aromatic carbocycles. The van der Waals surface area contributed by atoms with Crippen LogP contribution in [0.3, 0.4) is 0 Å². The molecular formula is C12H10O3S. The van der Waals surface area contributed by atoms with Crippen LogP contribution in [0.4, 0.5) is 0 Å².